The molecule has 0 aliphatic carbocycles. The molecule has 1 saturated heterocycles. The first-order chi connectivity index (χ1) is 8.78. The number of rotatable bonds is 4. The van der Waals surface area contributed by atoms with Gasteiger partial charge in [-0.15, -0.1) is 12.4 Å². The van der Waals surface area contributed by atoms with Crippen LogP contribution < -0.4 is 10.6 Å². The van der Waals surface area contributed by atoms with Gasteiger partial charge in [0.1, 0.15) is 0 Å². The average Bonchev–Trinajstić information content (AvgIpc) is 2.40. The van der Waals surface area contributed by atoms with Crippen molar-refractivity contribution in [3.05, 3.63) is 29.8 Å². The van der Waals surface area contributed by atoms with Gasteiger partial charge in [-0.3, -0.25) is 4.79 Å². The van der Waals surface area contributed by atoms with Gasteiger partial charge in [-0.05, 0) is 56.0 Å². The maximum atomic E-state index is 11.9. The van der Waals surface area contributed by atoms with Crippen LogP contribution in [0.3, 0.4) is 0 Å². The van der Waals surface area contributed by atoms with E-state index in [1.165, 1.54) is 5.56 Å². The van der Waals surface area contributed by atoms with Gasteiger partial charge in [-0.1, -0.05) is 19.1 Å². The third-order valence-corrected chi connectivity index (χ3v) is 3.58. The zero-order valence-corrected chi connectivity index (χ0v) is 12.3. The highest BCUT2D eigenvalue weighted by molar-refractivity contribution is 5.90. The lowest BCUT2D eigenvalue weighted by molar-refractivity contribution is -0.117. The maximum absolute atomic E-state index is 11.9. The average molecular weight is 283 g/mol. The van der Waals surface area contributed by atoms with Crippen molar-refractivity contribution < 1.29 is 4.79 Å². The predicted octanol–water partition coefficient (Wildman–Crippen LogP) is 3.00. The van der Waals surface area contributed by atoms with Crippen molar-refractivity contribution in [2.24, 2.45) is 5.92 Å². The maximum Gasteiger partial charge on any atom is 0.224 e. The lowest BCUT2D eigenvalue weighted by atomic mass is 9.94. The Bertz CT molecular complexity index is 386. The van der Waals surface area contributed by atoms with Crippen LogP contribution in [0.1, 0.15) is 31.7 Å². The summed E-state index contributed by atoms with van der Waals surface area (Å²) in [6.45, 7) is 4.22. The number of benzene rings is 1. The molecule has 4 heteroatoms. The number of halogens is 1. The van der Waals surface area contributed by atoms with Crippen LogP contribution in [-0.2, 0) is 11.2 Å². The normalized spacial score (nSPS) is 15.6. The molecule has 0 aromatic heterocycles. The standard InChI is InChI=1S/C15H22N2O.ClH/c1-2-12-3-5-14(6-4-12)17-15(18)11-13-7-9-16-10-8-13;/h3-6,13,16H,2,7-11H2,1H3,(H,17,18);1H. The molecular formula is C15H23ClN2O. The van der Waals surface area contributed by atoms with E-state index in [0.717, 1.165) is 38.0 Å². The van der Waals surface area contributed by atoms with Gasteiger partial charge < -0.3 is 10.6 Å². The zero-order valence-electron chi connectivity index (χ0n) is 11.4. The summed E-state index contributed by atoms with van der Waals surface area (Å²) in [5.41, 5.74) is 2.21. The Balaban J connectivity index is 0.00000180. The van der Waals surface area contributed by atoms with E-state index >= 15 is 0 Å². The Labute approximate surface area is 121 Å². The molecule has 0 unspecified atom stereocenters. The van der Waals surface area contributed by atoms with Crippen molar-refractivity contribution in [2.75, 3.05) is 18.4 Å². The minimum absolute atomic E-state index is 0. The van der Waals surface area contributed by atoms with Crippen molar-refractivity contribution >= 4 is 24.0 Å². The molecule has 1 aliphatic heterocycles. The highest BCUT2D eigenvalue weighted by atomic mass is 35.5. The van der Waals surface area contributed by atoms with E-state index in [1.54, 1.807) is 0 Å². The van der Waals surface area contributed by atoms with Gasteiger partial charge in [-0.25, -0.2) is 0 Å². The van der Waals surface area contributed by atoms with E-state index in [9.17, 15) is 4.79 Å². The smallest absolute Gasteiger partial charge is 0.224 e. The van der Waals surface area contributed by atoms with Gasteiger partial charge in [0.15, 0.2) is 0 Å². The number of nitrogens with one attached hydrogen (secondary N) is 2. The topological polar surface area (TPSA) is 41.1 Å². The quantitative estimate of drug-likeness (QED) is 0.891. The van der Waals surface area contributed by atoms with Crippen LogP contribution in [0.15, 0.2) is 24.3 Å². The lowest BCUT2D eigenvalue weighted by Crippen LogP contribution is -2.30. The molecule has 1 aromatic rings. The molecule has 1 amide bonds. The number of hydrogen-bond acceptors (Lipinski definition) is 2. The first-order valence-electron chi connectivity index (χ1n) is 6.87. The van der Waals surface area contributed by atoms with Gasteiger partial charge in [0.05, 0.1) is 0 Å². The Morgan fingerprint density at radius 1 is 1.26 bits per heavy atom. The molecule has 0 bridgehead atoms. The number of aryl methyl sites for hydroxylation is 1. The van der Waals surface area contributed by atoms with Crippen LogP contribution in [0.2, 0.25) is 0 Å². The molecule has 19 heavy (non-hydrogen) atoms. The van der Waals surface area contributed by atoms with Gasteiger partial charge in [0.25, 0.3) is 0 Å². The summed E-state index contributed by atoms with van der Waals surface area (Å²) in [7, 11) is 0. The van der Waals surface area contributed by atoms with Crippen molar-refractivity contribution in [1.82, 2.24) is 5.32 Å². The van der Waals surface area contributed by atoms with Crippen LogP contribution in [-0.4, -0.2) is 19.0 Å². The van der Waals surface area contributed by atoms with Crippen LogP contribution in [0, 0.1) is 5.92 Å². The van der Waals surface area contributed by atoms with Gasteiger partial charge >= 0.3 is 0 Å². The number of piperidine rings is 1. The fourth-order valence-corrected chi connectivity index (χ4v) is 2.38. The Morgan fingerprint density at radius 2 is 1.89 bits per heavy atom. The summed E-state index contributed by atoms with van der Waals surface area (Å²) in [6.07, 6.45) is 3.91. The molecule has 1 heterocycles. The lowest BCUT2D eigenvalue weighted by Gasteiger charge is -2.21. The largest absolute Gasteiger partial charge is 0.326 e. The second-order valence-electron chi connectivity index (χ2n) is 5.00. The van der Waals surface area contributed by atoms with E-state index < -0.39 is 0 Å². The second-order valence-corrected chi connectivity index (χ2v) is 5.00. The summed E-state index contributed by atoms with van der Waals surface area (Å²) in [4.78, 5) is 11.9. The SMILES string of the molecule is CCc1ccc(NC(=O)CC2CCNCC2)cc1.Cl. The van der Waals surface area contributed by atoms with E-state index in [4.69, 9.17) is 0 Å². The molecule has 0 saturated carbocycles. The van der Waals surface area contributed by atoms with Crippen LogP contribution in [0.4, 0.5) is 5.69 Å². The molecule has 1 aliphatic rings. The fraction of sp³-hybridized carbons (Fsp3) is 0.533. The highest BCUT2D eigenvalue weighted by Gasteiger charge is 2.16. The van der Waals surface area contributed by atoms with E-state index in [-0.39, 0.29) is 18.3 Å². The van der Waals surface area contributed by atoms with Crippen molar-refractivity contribution in [3.8, 4) is 0 Å². The summed E-state index contributed by atoms with van der Waals surface area (Å²) in [5.74, 6) is 0.687. The highest BCUT2D eigenvalue weighted by Crippen LogP contribution is 2.17. The number of carbonyl (C=O) groups is 1. The van der Waals surface area contributed by atoms with Crippen LogP contribution in [0.25, 0.3) is 0 Å². The van der Waals surface area contributed by atoms with Gasteiger partial charge in [-0.2, -0.15) is 0 Å². The van der Waals surface area contributed by atoms with Crippen molar-refractivity contribution in [1.29, 1.82) is 0 Å². The number of hydrogen-bond donors (Lipinski definition) is 2. The minimum atomic E-state index is 0. The first kappa shape index (κ1) is 16.0. The van der Waals surface area contributed by atoms with Crippen LogP contribution in [0.5, 0.6) is 0 Å². The van der Waals surface area contributed by atoms with E-state index in [0.29, 0.717) is 12.3 Å². The number of anilines is 1. The van der Waals surface area contributed by atoms with Crippen molar-refractivity contribution in [3.63, 3.8) is 0 Å². The minimum Gasteiger partial charge on any atom is -0.326 e. The summed E-state index contributed by atoms with van der Waals surface area (Å²) in [6, 6.07) is 8.11. The monoisotopic (exact) mass is 282 g/mol. The molecule has 2 rings (SSSR count). The molecular weight excluding hydrogens is 260 g/mol. The summed E-state index contributed by atoms with van der Waals surface area (Å²) >= 11 is 0. The molecule has 0 radical (unpaired) electrons. The molecule has 0 spiro atoms. The molecule has 3 nitrogen and oxygen atoms in total. The first-order valence-corrected chi connectivity index (χ1v) is 6.87. The molecule has 2 N–H and O–H groups in total. The molecule has 1 aromatic carbocycles. The second kappa shape index (κ2) is 8.18. The fourth-order valence-electron chi connectivity index (χ4n) is 2.38. The Kier molecular flexibility index (Phi) is 6.89. The number of carbonyl (C=O) groups excluding carboxylic acids is 1. The molecule has 1 fully saturated rings. The predicted molar refractivity (Wildman–Crippen MR) is 81.9 cm³/mol. The third-order valence-electron chi connectivity index (χ3n) is 3.58. The van der Waals surface area contributed by atoms with E-state index in [1.807, 2.05) is 12.1 Å². The van der Waals surface area contributed by atoms with Gasteiger partial charge in [0.2, 0.25) is 5.91 Å². The van der Waals surface area contributed by atoms with Crippen molar-refractivity contribution in [2.45, 2.75) is 32.6 Å². The molecule has 0 atom stereocenters. The number of amides is 1. The Hall–Kier alpha value is -1.06. The molecule has 106 valence electrons. The summed E-state index contributed by atoms with van der Waals surface area (Å²) < 4.78 is 0. The van der Waals surface area contributed by atoms with Gasteiger partial charge in [0, 0.05) is 12.1 Å². The zero-order chi connectivity index (χ0) is 12.8. The summed E-state index contributed by atoms with van der Waals surface area (Å²) in [5, 5.41) is 6.30. The third kappa shape index (κ3) is 5.21. The Morgan fingerprint density at radius 3 is 2.47 bits per heavy atom. The van der Waals surface area contributed by atoms with Crippen LogP contribution >= 0.6 is 12.4 Å². The van der Waals surface area contributed by atoms with E-state index in [2.05, 4.69) is 29.7 Å².